The molecule has 0 radical (unpaired) electrons. The van der Waals surface area contributed by atoms with Crippen LogP contribution in [0.1, 0.15) is 52.9 Å². The third-order valence-corrected chi connectivity index (χ3v) is 5.12. The highest BCUT2D eigenvalue weighted by Gasteiger charge is 2.28. The Balaban J connectivity index is 1.76. The Kier molecular flexibility index (Phi) is 5.67. The molecule has 2 atom stereocenters. The van der Waals surface area contributed by atoms with Gasteiger partial charge in [0.1, 0.15) is 0 Å². The largest absolute Gasteiger partial charge is 0.390 e. The van der Waals surface area contributed by atoms with Gasteiger partial charge in [0.15, 0.2) is 0 Å². The number of hydrogen-bond acceptors (Lipinski definition) is 3. The molecule has 2 rings (SSSR count). The van der Waals surface area contributed by atoms with Crippen LogP contribution in [0, 0.1) is 11.3 Å². The van der Waals surface area contributed by atoms with Crippen LogP contribution in [-0.4, -0.2) is 59.6 Å². The number of nitrogens with zero attached hydrogens (tertiary/aromatic N) is 2. The summed E-state index contributed by atoms with van der Waals surface area (Å²) < 4.78 is 0. The third-order valence-electron chi connectivity index (χ3n) is 5.12. The highest BCUT2D eigenvalue weighted by Crippen LogP contribution is 2.34. The molecule has 2 aliphatic rings. The Morgan fingerprint density at radius 1 is 1.14 bits per heavy atom. The Hall–Kier alpha value is -0.610. The van der Waals surface area contributed by atoms with E-state index < -0.39 is 6.10 Å². The first kappa shape index (κ1) is 16.8. The molecule has 2 fully saturated rings. The van der Waals surface area contributed by atoms with Crippen molar-refractivity contribution in [1.82, 2.24) is 9.80 Å². The molecule has 0 saturated carbocycles. The molecule has 1 N–H and O–H groups in total. The summed E-state index contributed by atoms with van der Waals surface area (Å²) in [5, 5.41) is 10.3. The number of carbonyl (C=O) groups excluding carboxylic acids is 1. The zero-order valence-corrected chi connectivity index (χ0v) is 14.0. The van der Waals surface area contributed by atoms with Crippen molar-refractivity contribution in [2.75, 3.05) is 32.7 Å². The average molecular weight is 296 g/mol. The number of rotatable bonds is 4. The standard InChI is InChI=1S/C17H32N2O2/c1-17(2,3)14-6-4-9-18(11-8-14)12-15(20)13-19-10-5-7-16(19)21/h14-15,20H,4-13H2,1-3H3/t14-,15+/m0/s1. The van der Waals surface area contributed by atoms with E-state index in [1.165, 1.54) is 19.3 Å². The summed E-state index contributed by atoms with van der Waals surface area (Å²) >= 11 is 0. The topological polar surface area (TPSA) is 43.8 Å². The molecule has 0 aliphatic carbocycles. The van der Waals surface area contributed by atoms with Crippen LogP contribution in [-0.2, 0) is 4.79 Å². The van der Waals surface area contributed by atoms with E-state index in [9.17, 15) is 9.90 Å². The van der Waals surface area contributed by atoms with Gasteiger partial charge in [0, 0.05) is 26.1 Å². The number of aliphatic hydroxyl groups is 1. The van der Waals surface area contributed by atoms with Gasteiger partial charge in [-0.05, 0) is 50.1 Å². The van der Waals surface area contributed by atoms with E-state index in [2.05, 4.69) is 25.7 Å². The maximum Gasteiger partial charge on any atom is 0.222 e. The quantitative estimate of drug-likeness (QED) is 0.864. The summed E-state index contributed by atoms with van der Waals surface area (Å²) in [6.45, 7) is 11.2. The number of aliphatic hydroxyl groups excluding tert-OH is 1. The fourth-order valence-corrected chi connectivity index (χ4v) is 3.71. The molecule has 2 aliphatic heterocycles. The third kappa shape index (κ3) is 4.96. The van der Waals surface area contributed by atoms with Crippen molar-refractivity contribution in [2.24, 2.45) is 11.3 Å². The Bertz CT molecular complexity index is 351. The molecule has 4 nitrogen and oxygen atoms in total. The van der Waals surface area contributed by atoms with Crippen molar-refractivity contribution in [3.05, 3.63) is 0 Å². The first-order valence-electron chi connectivity index (χ1n) is 8.54. The lowest BCUT2D eigenvalue weighted by molar-refractivity contribution is -0.129. The van der Waals surface area contributed by atoms with Gasteiger partial charge in [0.05, 0.1) is 6.10 Å². The van der Waals surface area contributed by atoms with Crippen molar-refractivity contribution in [3.8, 4) is 0 Å². The lowest BCUT2D eigenvalue weighted by Crippen LogP contribution is -2.41. The van der Waals surface area contributed by atoms with Gasteiger partial charge in [-0.1, -0.05) is 20.8 Å². The van der Waals surface area contributed by atoms with Crippen molar-refractivity contribution in [3.63, 3.8) is 0 Å². The van der Waals surface area contributed by atoms with Crippen LogP contribution in [0.5, 0.6) is 0 Å². The molecule has 21 heavy (non-hydrogen) atoms. The molecular formula is C17H32N2O2. The monoisotopic (exact) mass is 296 g/mol. The number of likely N-dealkylation sites (tertiary alicyclic amines) is 2. The summed E-state index contributed by atoms with van der Waals surface area (Å²) in [6.07, 6.45) is 4.93. The summed E-state index contributed by atoms with van der Waals surface area (Å²) in [4.78, 5) is 15.8. The van der Waals surface area contributed by atoms with Crippen LogP contribution >= 0.6 is 0 Å². The van der Waals surface area contributed by atoms with Crippen molar-refractivity contribution < 1.29 is 9.90 Å². The Morgan fingerprint density at radius 2 is 1.90 bits per heavy atom. The number of amides is 1. The molecule has 4 heteroatoms. The highest BCUT2D eigenvalue weighted by molar-refractivity contribution is 5.78. The molecule has 1 amide bonds. The molecule has 2 saturated heterocycles. The van der Waals surface area contributed by atoms with E-state index in [1.54, 1.807) is 0 Å². The normalized spacial score (nSPS) is 27.0. The smallest absolute Gasteiger partial charge is 0.222 e. The van der Waals surface area contributed by atoms with Gasteiger partial charge < -0.3 is 14.9 Å². The predicted octanol–water partition coefficient (Wildman–Crippen LogP) is 2.12. The summed E-state index contributed by atoms with van der Waals surface area (Å²) in [5.41, 5.74) is 0.386. The van der Waals surface area contributed by atoms with Crippen molar-refractivity contribution in [2.45, 2.75) is 59.0 Å². The van der Waals surface area contributed by atoms with Crippen LogP contribution in [0.3, 0.4) is 0 Å². The molecule has 0 aromatic heterocycles. The summed E-state index contributed by atoms with van der Waals surface area (Å²) in [7, 11) is 0. The highest BCUT2D eigenvalue weighted by atomic mass is 16.3. The minimum Gasteiger partial charge on any atom is -0.390 e. The van der Waals surface area contributed by atoms with Gasteiger partial charge in [-0.2, -0.15) is 0 Å². The second kappa shape index (κ2) is 7.10. The van der Waals surface area contributed by atoms with Gasteiger partial charge in [0.2, 0.25) is 5.91 Å². The fourth-order valence-electron chi connectivity index (χ4n) is 3.71. The molecule has 0 spiro atoms. The molecule has 122 valence electrons. The predicted molar refractivity (Wildman–Crippen MR) is 85.1 cm³/mol. The van der Waals surface area contributed by atoms with Gasteiger partial charge in [0.25, 0.3) is 0 Å². The van der Waals surface area contributed by atoms with Crippen LogP contribution in [0.15, 0.2) is 0 Å². The lowest BCUT2D eigenvalue weighted by atomic mass is 9.77. The van der Waals surface area contributed by atoms with E-state index in [0.717, 1.165) is 32.0 Å². The second-order valence-electron chi connectivity index (χ2n) is 7.89. The zero-order valence-electron chi connectivity index (χ0n) is 14.0. The van der Waals surface area contributed by atoms with E-state index in [4.69, 9.17) is 0 Å². The van der Waals surface area contributed by atoms with E-state index in [0.29, 0.717) is 24.9 Å². The summed E-state index contributed by atoms with van der Waals surface area (Å²) in [5.74, 6) is 0.984. The van der Waals surface area contributed by atoms with Gasteiger partial charge >= 0.3 is 0 Å². The van der Waals surface area contributed by atoms with Gasteiger partial charge in [-0.25, -0.2) is 0 Å². The molecule has 0 aromatic rings. The maximum atomic E-state index is 11.6. The van der Waals surface area contributed by atoms with E-state index in [1.807, 2.05) is 4.90 Å². The molecule has 0 aromatic carbocycles. The fraction of sp³-hybridized carbons (Fsp3) is 0.941. The van der Waals surface area contributed by atoms with E-state index in [-0.39, 0.29) is 5.91 Å². The molecule has 0 bridgehead atoms. The molecular weight excluding hydrogens is 264 g/mol. The number of hydrogen-bond donors (Lipinski definition) is 1. The van der Waals surface area contributed by atoms with Crippen LogP contribution in [0.25, 0.3) is 0 Å². The molecule has 0 unspecified atom stereocenters. The minimum atomic E-state index is -0.404. The van der Waals surface area contributed by atoms with E-state index >= 15 is 0 Å². The van der Waals surface area contributed by atoms with Gasteiger partial charge in [-0.3, -0.25) is 4.79 Å². The Labute approximate surface area is 129 Å². The van der Waals surface area contributed by atoms with Crippen molar-refractivity contribution in [1.29, 1.82) is 0 Å². The van der Waals surface area contributed by atoms with Crippen LogP contribution in [0.2, 0.25) is 0 Å². The number of β-amino-alcohol motifs (C(OH)–C–C–N with tert-alkyl or cyclic N) is 1. The van der Waals surface area contributed by atoms with Gasteiger partial charge in [-0.15, -0.1) is 0 Å². The SMILES string of the molecule is CC(C)(C)[C@H]1CCCN(C[C@@H](O)CN2CCCC2=O)CC1. The van der Waals surface area contributed by atoms with Crippen LogP contribution in [0.4, 0.5) is 0 Å². The van der Waals surface area contributed by atoms with Crippen LogP contribution < -0.4 is 0 Å². The minimum absolute atomic E-state index is 0.206. The van der Waals surface area contributed by atoms with Crippen molar-refractivity contribution >= 4 is 5.91 Å². The summed E-state index contributed by atoms with van der Waals surface area (Å²) in [6, 6.07) is 0. The first-order valence-corrected chi connectivity index (χ1v) is 8.54. The second-order valence-corrected chi connectivity index (χ2v) is 7.89. The Morgan fingerprint density at radius 3 is 2.52 bits per heavy atom. The number of carbonyl (C=O) groups is 1. The maximum absolute atomic E-state index is 11.6. The molecule has 2 heterocycles. The average Bonchev–Trinajstić information content (AvgIpc) is 2.64. The lowest BCUT2D eigenvalue weighted by Gasteiger charge is -2.30. The first-order chi connectivity index (χ1) is 9.86. The zero-order chi connectivity index (χ0) is 15.5.